The molecule has 1 aromatic rings. The highest BCUT2D eigenvalue weighted by Crippen LogP contribution is 2.34. The number of halogens is 3. The van der Waals surface area contributed by atoms with Crippen LogP contribution in [-0.4, -0.2) is 18.5 Å². The van der Waals surface area contributed by atoms with Gasteiger partial charge in [-0.25, -0.2) is 8.78 Å². The van der Waals surface area contributed by atoms with E-state index >= 15 is 0 Å². The van der Waals surface area contributed by atoms with E-state index in [0.717, 1.165) is 25.0 Å². The summed E-state index contributed by atoms with van der Waals surface area (Å²) in [5, 5.41) is -0.0374. The van der Waals surface area contributed by atoms with Gasteiger partial charge >= 0.3 is 0 Å². The Hall–Kier alpha value is -1.00. The second-order valence-electron chi connectivity index (χ2n) is 4.79. The lowest BCUT2D eigenvalue weighted by Gasteiger charge is -2.34. The summed E-state index contributed by atoms with van der Waals surface area (Å²) in [6.07, 6.45) is 2.19. The van der Waals surface area contributed by atoms with Crippen LogP contribution in [0.2, 0.25) is 5.02 Å². The Kier molecular flexibility index (Phi) is 4.53. The maximum Gasteiger partial charge on any atom is 0.164 e. The minimum absolute atomic E-state index is 0.0374. The van der Waals surface area contributed by atoms with Crippen molar-refractivity contribution in [3.8, 4) is 0 Å². The number of carbonyl (C=O) groups is 1. The van der Waals surface area contributed by atoms with Crippen LogP contribution < -0.4 is 0 Å². The number of Topliss-reactive ketones (excluding diaryl/α,β-unsaturated/α-hetero) is 1. The van der Waals surface area contributed by atoms with Crippen LogP contribution in [-0.2, 0) is 4.74 Å². The van der Waals surface area contributed by atoms with Gasteiger partial charge in [-0.05, 0) is 37.8 Å². The molecule has 19 heavy (non-hydrogen) atoms. The molecule has 0 aliphatic heterocycles. The molecule has 104 valence electrons. The molecule has 1 fully saturated rings. The molecule has 2 rings (SSSR count). The molecule has 0 atom stereocenters. The minimum atomic E-state index is -1.05. The van der Waals surface area contributed by atoms with Gasteiger partial charge in [0.1, 0.15) is 0 Å². The molecule has 1 aliphatic carbocycles. The smallest absolute Gasteiger partial charge is 0.164 e. The van der Waals surface area contributed by atoms with Crippen molar-refractivity contribution >= 4 is 17.4 Å². The zero-order valence-electron chi connectivity index (χ0n) is 10.6. The third kappa shape index (κ3) is 3.31. The predicted molar refractivity (Wildman–Crippen MR) is 68.5 cm³/mol. The van der Waals surface area contributed by atoms with E-state index in [4.69, 9.17) is 16.3 Å². The highest BCUT2D eigenvalue weighted by Gasteiger charge is 2.31. The number of ketones is 1. The van der Waals surface area contributed by atoms with Gasteiger partial charge in [-0.1, -0.05) is 11.6 Å². The Morgan fingerprint density at radius 1 is 1.37 bits per heavy atom. The zero-order valence-corrected chi connectivity index (χ0v) is 11.3. The van der Waals surface area contributed by atoms with Gasteiger partial charge in [-0.15, -0.1) is 0 Å². The van der Waals surface area contributed by atoms with Gasteiger partial charge in [0.05, 0.1) is 11.1 Å². The fourth-order valence-corrected chi connectivity index (χ4v) is 2.58. The molecule has 5 heteroatoms. The van der Waals surface area contributed by atoms with Gasteiger partial charge in [0.15, 0.2) is 17.4 Å². The number of benzene rings is 1. The summed E-state index contributed by atoms with van der Waals surface area (Å²) >= 11 is 5.77. The van der Waals surface area contributed by atoms with Gasteiger partial charge in [0, 0.05) is 18.6 Å². The third-order valence-electron chi connectivity index (χ3n) is 3.38. The van der Waals surface area contributed by atoms with E-state index in [1.165, 1.54) is 0 Å². The maximum absolute atomic E-state index is 13.1. The van der Waals surface area contributed by atoms with Crippen LogP contribution in [0, 0.1) is 17.6 Å². The molecule has 0 N–H and O–H groups in total. The first-order valence-electron chi connectivity index (χ1n) is 6.30. The van der Waals surface area contributed by atoms with Gasteiger partial charge < -0.3 is 4.74 Å². The van der Waals surface area contributed by atoms with Crippen LogP contribution in [0.5, 0.6) is 0 Å². The van der Waals surface area contributed by atoms with E-state index in [1.807, 2.05) is 6.92 Å². The second-order valence-corrected chi connectivity index (χ2v) is 5.20. The first-order chi connectivity index (χ1) is 9.01. The summed E-state index contributed by atoms with van der Waals surface area (Å²) in [6.45, 7) is 2.60. The molecule has 0 amide bonds. The molecule has 1 aromatic carbocycles. The lowest BCUT2D eigenvalue weighted by molar-refractivity contribution is -0.0246. The van der Waals surface area contributed by atoms with Crippen molar-refractivity contribution in [1.29, 1.82) is 0 Å². The Bertz CT molecular complexity index is 485. The third-order valence-corrected chi connectivity index (χ3v) is 3.69. The van der Waals surface area contributed by atoms with Crippen molar-refractivity contribution < 1.29 is 18.3 Å². The molecule has 0 bridgehead atoms. The van der Waals surface area contributed by atoms with Gasteiger partial charge in [-0.3, -0.25) is 4.79 Å². The topological polar surface area (TPSA) is 26.3 Å². The lowest BCUT2D eigenvalue weighted by Crippen LogP contribution is -2.32. The number of hydrogen-bond acceptors (Lipinski definition) is 2. The molecule has 2 nitrogen and oxygen atoms in total. The highest BCUT2D eigenvalue weighted by molar-refractivity contribution is 6.34. The van der Waals surface area contributed by atoms with Crippen molar-refractivity contribution in [3.05, 3.63) is 34.4 Å². The summed E-state index contributed by atoms with van der Waals surface area (Å²) in [5.74, 6) is -2.09. The van der Waals surface area contributed by atoms with Crippen LogP contribution in [0.15, 0.2) is 12.1 Å². The average molecular weight is 289 g/mol. The molecule has 0 radical (unpaired) electrons. The van der Waals surface area contributed by atoms with Crippen LogP contribution in [0.4, 0.5) is 8.78 Å². The molecule has 0 unspecified atom stereocenters. The van der Waals surface area contributed by atoms with E-state index in [0.29, 0.717) is 13.0 Å². The Morgan fingerprint density at radius 3 is 2.63 bits per heavy atom. The Morgan fingerprint density at radius 2 is 2.00 bits per heavy atom. The Labute approximate surface area is 115 Å². The quantitative estimate of drug-likeness (QED) is 0.604. The molecular weight excluding hydrogens is 274 g/mol. The fourth-order valence-electron chi connectivity index (χ4n) is 2.32. The molecule has 0 heterocycles. The van der Waals surface area contributed by atoms with E-state index in [1.54, 1.807) is 0 Å². The summed E-state index contributed by atoms with van der Waals surface area (Å²) in [5.41, 5.74) is 0.0560. The minimum Gasteiger partial charge on any atom is -0.378 e. The molecule has 0 saturated heterocycles. The molecule has 1 aliphatic rings. The standard InChI is InChI=1S/C14H15ClF2O2/c1-2-19-9-3-8(4-9)5-14(18)10-6-12(16)13(17)7-11(10)15/h6-9H,2-5H2,1H3. The van der Waals surface area contributed by atoms with Crippen molar-refractivity contribution in [3.63, 3.8) is 0 Å². The zero-order chi connectivity index (χ0) is 14.0. The number of hydrogen-bond donors (Lipinski definition) is 0. The predicted octanol–water partition coefficient (Wildman–Crippen LogP) is 4.01. The first-order valence-corrected chi connectivity index (χ1v) is 6.68. The molecular formula is C14H15ClF2O2. The average Bonchev–Trinajstić information content (AvgIpc) is 2.31. The van der Waals surface area contributed by atoms with Crippen molar-refractivity contribution in [1.82, 2.24) is 0 Å². The van der Waals surface area contributed by atoms with E-state index < -0.39 is 11.6 Å². The number of ether oxygens (including phenoxy) is 1. The van der Waals surface area contributed by atoms with Gasteiger partial charge in [0.2, 0.25) is 0 Å². The largest absolute Gasteiger partial charge is 0.378 e. The SMILES string of the molecule is CCOC1CC(CC(=O)c2cc(F)c(F)cc2Cl)C1. The summed E-state index contributed by atoms with van der Waals surface area (Å²) in [4.78, 5) is 12.0. The number of rotatable bonds is 5. The van der Waals surface area contributed by atoms with Crippen LogP contribution in [0.25, 0.3) is 0 Å². The Balaban J connectivity index is 1.96. The maximum atomic E-state index is 13.1. The lowest BCUT2D eigenvalue weighted by atomic mass is 9.78. The summed E-state index contributed by atoms with van der Waals surface area (Å²) in [6, 6.07) is 1.71. The van der Waals surface area contributed by atoms with Crippen molar-refractivity contribution in [2.45, 2.75) is 32.3 Å². The van der Waals surface area contributed by atoms with Crippen LogP contribution in [0.3, 0.4) is 0 Å². The summed E-state index contributed by atoms with van der Waals surface area (Å²) < 4.78 is 31.4. The molecule has 0 spiro atoms. The van der Waals surface area contributed by atoms with Crippen molar-refractivity contribution in [2.75, 3.05) is 6.61 Å². The van der Waals surface area contributed by atoms with Gasteiger partial charge in [-0.2, -0.15) is 0 Å². The van der Waals surface area contributed by atoms with E-state index in [2.05, 4.69) is 0 Å². The summed E-state index contributed by atoms with van der Waals surface area (Å²) in [7, 11) is 0. The highest BCUT2D eigenvalue weighted by atomic mass is 35.5. The fraction of sp³-hybridized carbons (Fsp3) is 0.500. The van der Waals surface area contributed by atoms with Gasteiger partial charge in [0.25, 0.3) is 0 Å². The molecule has 0 aromatic heterocycles. The van der Waals surface area contributed by atoms with Crippen LogP contribution in [0.1, 0.15) is 36.5 Å². The first kappa shape index (κ1) is 14.4. The van der Waals surface area contributed by atoms with Crippen molar-refractivity contribution in [2.24, 2.45) is 5.92 Å². The molecule has 1 saturated carbocycles. The second kappa shape index (κ2) is 5.97. The van der Waals surface area contributed by atoms with Crippen LogP contribution >= 0.6 is 11.6 Å². The normalized spacial score (nSPS) is 22.1. The number of carbonyl (C=O) groups excluding carboxylic acids is 1. The monoisotopic (exact) mass is 288 g/mol. The van der Waals surface area contributed by atoms with E-state index in [-0.39, 0.29) is 28.4 Å². The van der Waals surface area contributed by atoms with E-state index in [9.17, 15) is 13.6 Å².